The fraction of sp³-hybridized carbons (Fsp3) is 0.357. The molecule has 2 aromatic rings. The molecule has 1 atom stereocenters. The maximum atomic E-state index is 9.49. The van der Waals surface area contributed by atoms with Crippen LogP contribution in [0.2, 0.25) is 0 Å². The predicted molar refractivity (Wildman–Crippen MR) is 69.5 cm³/mol. The van der Waals surface area contributed by atoms with Crippen LogP contribution in [0.1, 0.15) is 24.3 Å². The van der Waals surface area contributed by atoms with Gasteiger partial charge in [-0.15, -0.1) is 0 Å². The molecule has 0 saturated heterocycles. The topological polar surface area (TPSA) is 47.3 Å². The van der Waals surface area contributed by atoms with Crippen LogP contribution in [0.25, 0.3) is 0 Å². The van der Waals surface area contributed by atoms with Crippen LogP contribution < -0.4 is 4.74 Å². The zero-order valence-corrected chi connectivity index (χ0v) is 10.7. The summed E-state index contributed by atoms with van der Waals surface area (Å²) in [4.78, 5) is 0. The van der Waals surface area contributed by atoms with Crippen LogP contribution in [-0.2, 0) is 13.5 Å². The second-order valence-electron chi connectivity index (χ2n) is 4.29. The summed E-state index contributed by atoms with van der Waals surface area (Å²) in [5.41, 5.74) is 2.01. The lowest BCUT2D eigenvalue weighted by atomic mass is 10.1. The Balaban J connectivity index is 1.90. The zero-order chi connectivity index (χ0) is 13.0. The molecule has 0 unspecified atom stereocenters. The first-order chi connectivity index (χ1) is 8.66. The number of ether oxygens (including phenoxy) is 1. The van der Waals surface area contributed by atoms with E-state index in [2.05, 4.69) is 5.10 Å². The van der Waals surface area contributed by atoms with E-state index in [1.54, 1.807) is 13.1 Å². The van der Waals surface area contributed by atoms with Gasteiger partial charge < -0.3 is 9.84 Å². The van der Waals surface area contributed by atoms with Gasteiger partial charge in [0.25, 0.3) is 0 Å². The van der Waals surface area contributed by atoms with Crippen molar-refractivity contribution < 1.29 is 9.84 Å². The van der Waals surface area contributed by atoms with E-state index in [9.17, 15) is 5.11 Å². The second-order valence-corrected chi connectivity index (χ2v) is 4.29. The van der Waals surface area contributed by atoms with Gasteiger partial charge in [-0.05, 0) is 30.7 Å². The minimum atomic E-state index is -0.467. The molecule has 2 rings (SSSR count). The molecule has 0 radical (unpaired) electrons. The van der Waals surface area contributed by atoms with Crippen LogP contribution in [0.3, 0.4) is 0 Å². The maximum Gasteiger partial charge on any atom is 0.119 e. The summed E-state index contributed by atoms with van der Waals surface area (Å²) in [6, 6.07) is 9.53. The van der Waals surface area contributed by atoms with E-state index in [-0.39, 0.29) is 0 Å². The van der Waals surface area contributed by atoms with Crippen molar-refractivity contribution in [2.24, 2.45) is 7.05 Å². The maximum absolute atomic E-state index is 9.49. The number of rotatable bonds is 5. The first-order valence-corrected chi connectivity index (χ1v) is 6.04. The smallest absolute Gasteiger partial charge is 0.119 e. The number of hydrogen-bond donors (Lipinski definition) is 1. The summed E-state index contributed by atoms with van der Waals surface area (Å²) in [5.74, 6) is 0.788. The van der Waals surface area contributed by atoms with Crippen molar-refractivity contribution in [2.75, 3.05) is 6.61 Å². The third-order valence-corrected chi connectivity index (χ3v) is 2.89. The number of aryl methyl sites for hydroxylation is 1. The van der Waals surface area contributed by atoms with Gasteiger partial charge in [0.1, 0.15) is 5.75 Å². The number of hydrogen-bond acceptors (Lipinski definition) is 3. The van der Waals surface area contributed by atoms with Crippen LogP contribution in [-0.4, -0.2) is 21.5 Å². The fourth-order valence-corrected chi connectivity index (χ4v) is 1.78. The monoisotopic (exact) mass is 246 g/mol. The van der Waals surface area contributed by atoms with Crippen molar-refractivity contribution in [3.8, 4) is 5.75 Å². The number of aliphatic hydroxyl groups is 1. The van der Waals surface area contributed by atoms with Crippen molar-refractivity contribution in [1.82, 2.24) is 9.78 Å². The molecule has 1 aromatic carbocycles. The van der Waals surface area contributed by atoms with Crippen LogP contribution in [0.15, 0.2) is 36.5 Å². The Kier molecular flexibility index (Phi) is 3.99. The summed E-state index contributed by atoms with van der Waals surface area (Å²) in [7, 11) is 1.92. The molecule has 0 aliphatic carbocycles. The summed E-state index contributed by atoms with van der Waals surface area (Å²) in [6.45, 7) is 2.34. The lowest BCUT2D eigenvalue weighted by molar-refractivity contribution is 0.198. The standard InChI is InChI=1S/C14H18N2O2/c1-11(17)12-4-3-5-14(10-12)18-9-7-13-6-8-15-16(13)2/h3-6,8,10-11,17H,7,9H2,1-2H3/t11-/m0/s1. The minimum Gasteiger partial charge on any atom is -0.493 e. The molecule has 0 bridgehead atoms. The van der Waals surface area contributed by atoms with Gasteiger partial charge in [-0.3, -0.25) is 4.68 Å². The number of benzene rings is 1. The lowest BCUT2D eigenvalue weighted by Gasteiger charge is -2.09. The largest absolute Gasteiger partial charge is 0.493 e. The molecular formula is C14H18N2O2. The molecule has 18 heavy (non-hydrogen) atoms. The van der Waals surface area contributed by atoms with E-state index in [4.69, 9.17) is 4.74 Å². The lowest BCUT2D eigenvalue weighted by Crippen LogP contribution is -2.06. The predicted octanol–water partition coefficient (Wildman–Crippen LogP) is 2.09. The summed E-state index contributed by atoms with van der Waals surface area (Å²) < 4.78 is 7.52. The molecular weight excluding hydrogens is 228 g/mol. The number of aromatic nitrogens is 2. The first kappa shape index (κ1) is 12.6. The SMILES string of the molecule is C[C@H](O)c1cccc(OCCc2ccnn2C)c1. The molecule has 0 fully saturated rings. The van der Waals surface area contributed by atoms with E-state index in [0.717, 1.165) is 23.4 Å². The van der Waals surface area contributed by atoms with Crippen molar-refractivity contribution >= 4 is 0 Å². The van der Waals surface area contributed by atoms with Gasteiger partial charge in [-0.1, -0.05) is 12.1 Å². The summed E-state index contributed by atoms with van der Waals surface area (Å²) >= 11 is 0. The highest BCUT2D eigenvalue weighted by Crippen LogP contribution is 2.18. The Morgan fingerprint density at radius 3 is 2.89 bits per heavy atom. The molecule has 4 nitrogen and oxygen atoms in total. The zero-order valence-electron chi connectivity index (χ0n) is 10.7. The van der Waals surface area contributed by atoms with Crippen molar-refractivity contribution in [3.63, 3.8) is 0 Å². The minimum absolute atomic E-state index is 0.467. The third-order valence-electron chi connectivity index (χ3n) is 2.89. The van der Waals surface area contributed by atoms with Crippen LogP contribution in [0.4, 0.5) is 0 Å². The third kappa shape index (κ3) is 3.11. The quantitative estimate of drug-likeness (QED) is 0.878. The summed E-state index contributed by atoms with van der Waals surface area (Å²) in [5, 5.41) is 13.6. The fourth-order valence-electron chi connectivity index (χ4n) is 1.78. The van der Waals surface area contributed by atoms with Crippen molar-refractivity contribution in [3.05, 3.63) is 47.8 Å². The van der Waals surface area contributed by atoms with E-state index in [0.29, 0.717) is 6.61 Å². The molecule has 1 N–H and O–H groups in total. The first-order valence-electron chi connectivity index (χ1n) is 6.04. The Morgan fingerprint density at radius 2 is 2.22 bits per heavy atom. The molecule has 0 saturated carbocycles. The highest BCUT2D eigenvalue weighted by Gasteiger charge is 2.03. The van der Waals surface area contributed by atoms with Crippen molar-refractivity contribution in [2.45, 2.75) is 19.4 Å². The van der Waals surface area contributed by atoms with Crippen LogP contribution in [0.5, 0.6) is 5.75 Å². The summed E-state index contributed by atoms with van der Waals surface area (Å²) in [6.07, 6.45) is 2.13. The molecule has 0 aliphatic heterocycles. The van der Waals surface area contributed by atoms with Crippen LogP contribution in [0, 0.1) is 0 Å². The molecule has 0 amide bonds. The average molecular weight is 246 g/mol. The van der Waals surface area contributed by atoms with Gasteiger partial charge in [-0.25, -0.2) is 0 Å². The Bertz CT molecular complexity index is 506. The second kappa shape index (κ2) is 5.69. The van der Waals surface area contributed by atoms with Crippen molar-refractivity contribution in [1.29, 1.82) is 0 Å². The van der Waals surface area contributed by atoms with Gasteiger partial charge in [-0.2, -0.15) is 5.10 Å². The molecule has 0 spiro atoms. The van der Waals surface area contributed by atoms with E-state index < -0.39 is 6.10 Å². The van der Waals surface area contributed by atoms with Gasteiger partial charge in [0.15, 0.2) is 0 Å². The van der Waals surface area contributed by atoms with Crippen LogP contribution >= 0.6 is 0 Å². The number of aliphatic hydroxyl groups excluding tert-OH is 1. The van der Waals surface area contributed by atoms with E-state index in [1.165, 1.54) is 0 Å². The van der Waals surface area contributed by atoms with Gasteiger partial charge in [0.2, 0.25) is 0 Å². The Labute approximate surface area is 107 Å². The molecule has 96 valence electrons. The number of nitrogens with zero attached hydrogens (tertiary/aromatic N) is 2. The van der Waals surface area contributed by atoms with E-state index >= 15 is 0 Å². The van der Waals surface area contributed by atoms with E-state index in [1.807, 2.05) is 42.1 Å². The molecule has 0 aliphatic rings. The Morgan fingerprint density at radius 1 is 1.39 bits per heavy atom. The van der Waals surface area contributed by atoms with Gasteiger partial charge in [0.05, 0.1) is 12.7 Å². The molecule has 1 aromatic heterocycles. The Hall–Kier alpha value is -1.81. The molecule has 4 heteroatoms. The van der Waals surface area contributed by atoms with Gasteiger partial charge in [0, 0.05) is 25.4 Å². The normalized spacial score (nSPS) is 12.4. The highest BCUT2D eigenvalue weighted by atomic mass is 16.5. The highest BCUT2D eigenvalue weighted by molar-refractivity contribution is 5.29. The molecule has 1 heterocycles. The average Bonchev–Trinajstić information content (AvgIpc) is 2.76. The van der Waals surface area contributed by atoms with Gasteiger partial charge >= 0.3 is 0 Å².